The van der Waals surface area contributed by atoms with Crippen LogP contribution in [0.1, 0.15) is 46.9 Å². The largest absolute Gasteiger partial charge is 0.462 e. The van der Waals surface area contributed by atoms with Crippen molar-refractivity contribution in [3.8, 4) is 5.69 Å². The molecule has 28 heavy (non-hydrogen) atoms. The van der Waals surface area contributed by atoms with Gasteiger partial charge in [-0.25, -0.2) is 9.48 Å². The lowest BCUT2D eigenvalue weighted by Gasteiger charge is -2.14. The fraction of sp³-hybridized carbons (Fsp3) is 0.450. The van der Waals surface area contributed by atoms with Gasteiger partial charge in [0.2, 0.25) is 0 Å². The zero-order valence-corrected chi connectivity index (χ0v) is 16.2. The molecule has 8 nitrogen and oxygen atoms in total. The maximum atomic E-state index is 12.3. The molecule has 0 atom stereocenters. The van der Waals surface area contributed by atoms with E-state index in [0.29, 0.717) is 17.8 Å². The molecule has 0 radical (unpaired) electrons. The number of likely N-dealkylation sites (tertiary alicyclic amines) is 1. The number of benzene rings is 1. The van der Waals surface area contributed by atoms with Crippen molar-refractivity contribution in [1.29, 1.82) is 0 Å². The van der Waals surface area contributed by atoms with Crippen molar-refractivity contribution >= 4 is 17.7 Å². The summed E-state index contributed by atoms with van der Waals surface area (Å²) in [6.45, 7) is 6.03. The van der Waals surface area contributed by atoms with Gasteiger partial charge >= 0.3 is 5.97 Å². The molecule has 3 N–H and O–H groups in total. The van der Waals surface area contributed by atoms with Gasteiger partial charge in [-0.1, -0.05) is 0 Å². The van der Waals surface area contributed by atoms with Crippen LogP contribution in [0.2, 0.25) is 0 Å². The first-order valence-corrected chi connectivity index (χ1v) is 9.71. The third-order valence-electron chi connectivity index (χ3n) is 4.81. The summed E-state index contributed by atoms with van der Waals surface area (Å²) in [5.74, 6) is -0.401. The molecule has 2 aromatic rings. The van der Waals surface area contributed by atoms with E-state index in [1.807, 2.05) is 0 Å². The molecule has 0 spiro atoms. The van der Waals surface area contributed by atoms with E-state index in [0.717, 1.165) is 13.0 Å². The van der Waals surface area contributed by atoms with E-state index in [-0.39, 0.29) is 23.9 Å². The fourth-order valence-electron chi connectivity index (χ4n) is 3.30. The number of carbonyl (C=O) groups is 2. The van der Waals surface area contributed by atoms with Gasteiger partial charge in [0, 0.05) is 12.1 Å². The Morgan fingerprint density at radius 1 is 1.21 bits per heavy atom. The summed E-state index contributed by atoms with van der Waals surface area (Å²) in [7, 11) is 0. The van der Waals surface area contributed by atoms with Crippen LogP contribution in [0.4, 0.5) is 5.82 Å². The van der Waals surface area contributed by atoms with Crippen molar-refractivity contribution in [2.24, 2.45) is 0 Å². The molecule has 1 aromatic carbocycles. The Kier molecular flexibility index (Phi) is 6.65. The SMILES string of the molecule is CCOC(=O)c1cnn(-c2ccc(C(=O)NCCCN3CCCC3)cc2)c1N. The number of nitrogens with zero attached hydrogens (tertiary/aromatic N) is 3. The van der Waals surface area contributed by atoms with E-state index in [1.165, 1.54) is 36.8 Å². The van der Waals surface area contributed by atoms with Gasteiger partial charge in [-0.2, -0.15) is 5.10 Å². The molecule has 1 amide bonds. The second kappa shape index (κ2) is 9.36. The first-order valence-electron chi connectivity index (χ1n) is 9.71. The summed E-state index contributed by atoms with van der Waals surface area (Å²) in [5, 5.41) is 7.10. The lowest BCUT2D eigenvalue weighted by molar-refractivity contribution is 0.0527. The van der Waals surface area contributed by atoms with Gasteiger partial charge < -0.3 is 20.7 Å². The van der Waals surface area contributed by atoms with Gasteiger partial charge in [0.25, 0.3) is 5.91 Å². The number of amides is 1. The zero-order valence-electron chi connectivity index (χ0n) is 16.2. The third kappa shape index (κ3) is 4.69. The van der Waals surface area contributed by atoms with Crippen LogP contribution in [0.25, 0.3) is 5.69 Å². The summed E-state index contributed by atoms with van der Waals surface area (Å²) in [4.78, 5) is 26.6. The minimum absolute atomic E-state index is 0.103. The van der Waals surface area contributed by atoms with Gasteiger partial charge in [0.05, 0.1) is 18.5 Å². The second-order valence-corrected chi connectivity index (χ2v) is 6.78. The third-order valence-corrected chi connectivity index (χ3v) is 4.81. The van der Waals surface area contributed by atoms with Crippen LogP contribution in [0.15, 0.2) is 30.5 Å². The predicted molar refractivity (Wildman–Crippen MR) is 107 cm³/mol. The molecule has 0 bridgehead atoms. The number of aromatic nitrogens is 2. The number of nitrogens with one attached hydrogen (secondary N) is 1. The van der Waals surface area contributed by atoms with Gasteiger partial charge in [-0.05, 0) is 70.1 Å². The minimum atomic E-state index is -0.504. The molecule has 3 rings (SSSR count). The molecular weight excluding hydrogens is 358 g/mol. The molecule has 1 aliphatic rings. The average Bonchev–Trinajstić information content (AvgIpc) is 3.35. The van der Waals surface area contributed by atoms with Crippen LogP contribution in [0.5, 0.6) is 0 Å². The molecule has 1 saturated heterocycles. The van der Waals surface area contributed by atoms with Gasteiger partial charge in [-0.15, -0.1) is 0 Å². The monoisotopic (exact) mass is 385 g/mol. The Morgan fingerprint density at radius 2 is 1.93 bits per heavy atom. The number of hydrogen-bond acceptors (Lipinski definition) is 6. The van der Waals surface area contributed by atoms with Crippen LogP contribution < -0.4 is 11.1 Å². The molecule has 0 unspecified atom stereocenters. The molecule has 8 heteroatoms. The van der Waals surface area contributed by atoms with E-state index in [1.54, 1.807) is 31.2 Å². The topological polar surface area (TPSA) is 102 Å². The van der Waals surface area contributed by atoms with Gasteiger partial charge in [0.1, 0.15) is 11.4 Å². The normalized spacial score (nSPS) is 14.2. The Hall–Kier alpha value is -2.87. The summed E-state index contributed by atoms with van der Waals surface area (Å²) in [5.41, 5.74) is 7.47. The highest BCUT2D eigenvalue weighted by Crippen LogP contribution is 2.18. The highest BCUT2D eigenvalue weighted by Gasteiger charge is 2.17. The smallest absolute Gasteiger partial charge is 0.343 e. The molecule has 1 fully saturated rings. The lowest BCUT2D eigenvalue weighted by Crippen LogP contribution is -2.28. The van der Waals surface area contributed by atoms with Crippen molar-refractivity contribution in [2.75, 3.05) is 38.5 Å². The van der Waals surface area contributed by atoms with Crippen molar-refractivity contribution in [3.05, 3.63) is 41.6 Å². The summed E-state index contributed by atoms with van der Waals surface area (Å²) < 4.78 is 6.41. The zero-order chi connectivity index (χ0) is 19.9. The first-order chi connectivity index (χ1) is 13.6. The van der Waals surface area contributed by atoms with E-state index in [9.17, 15) is 9.59 Å². The molecule has 150 valence electrons. The van der Waals surface area contributed by atoms with Crippen molar-refractivity contribution in [3.63, 3.8) is 0 Å². The number of nitrogen functional groups attached to an aromatic ring is 1. The van der Waals surface area contributed by atoms with Crippen molar-refractivity contribution in [2.45, 2.75) is 26.2 Å². The van der Waals surface area contributed by atoms with E-state index in [4.69, 9.17) is 10.5 Å². The molecule has 2 heterocycles. The summed E-state index contributed by atoms with van der Waals surface area (Å²) in [6, 6.07) is 6.93. The van der Waals surface area contributed by atoms with Crippen LogP contribution in [0.3, 0.4) is 0 Å². The van der Waals surface area contributed by atoms with Crippen LogP contribution >= 0.6 is 0 Å². The van der Waals surface area contributed by atoms with Gasteiger partial charge in [0.15, 0.2) is 0 Å². The second-order valence-electron chi connectivity index (χ2n) is 6.78. The average molecular weight is 385 g/mol. The number of carbonyl (C=O) groups excluding carboxylic acids is 2. The standard InChI is InChI=1S/C20H27N5O3/c1-2-28-20(27)17-14-23-25(18(17)21)16-8-6-15(7-9-16)19(26)22-10-5-13-24-11-3-4-12-24/h6-9,14H,2-5,10-13,21H2,1H3,(H,22,26). The van der Waals surface area contributed by atoms with E-state index >= 15 is 0 Å². The molecule has 1 aliphatic heterocycles. The van der Waals surface area contributed by atoms with E-state index < -0.39 is 5.97 Å². The first kappa shape index (κ1) is 19.9. The number of anilines is 1. The van der Waals surface area contributed by atoms with Gasteiger partial charge in [-0.3, -0.25) is 4.79 Å². The highest BCUT2D eigenvalue weighted by atomic mass is 16.5. The predicted octanol–water partition coefficient (Wildman–Crippen LogP) is 1.85. The van der Waals surface area contributed by atoms with Crippen molar-refractivity contribution < 1.29 is 14.3 Å². The number of hydrogen-bond donors (Lipinski definition) is 2. The van der Waals surface area contributed by atoms with Crippen LogP contribution in [-0.2, 0) is 4.74 Å². The maximum Gasteiger partial charge on any atom is 0.343 e. The van der Waals surface area contributed by atoms with Crippen molar-refractivity contribution in [1.82, 2.24) is 20.0 Å². The quantitative estimate of drug-likeness (QED) is 0.531. The van der Waals surface area contributed by atoms with Crippen LogP contribution in [-0.4, -0.2) is 59.3 Å². The lowest BCUT2D eigenvalue weighted by atomic mass is 10.2. The summed E-state index contributed by atoms with van der Waals surface area (Å²) in [6.07, 6.45) is 4.89. The maximum absolute atomic E-state index is 12.3. The number of esters is 1. The Labute approximate surface area is 164 Å². The van der Waals surface area contributed by atoms with Crippen LogP contribution in [0, 0.1) is 0 Å². The number of ether oxygens (including phenoxy) is 1. The molecular formula is C20H27N5O3. The molecule has 0 saturated carbocycles. The number of nitrogens with two attached hydrogens (primary N) is 1. The molecule has 1 aromatic heterocycles. The fourth-order valence-corrected chi connectivity index (χ4v) is 3.30. The van der Waals surface area contributed by atoms with E-state index in [2.05, 4.69) is 15.3 Å². The molecule has 0 aliphatic carbocycles. The number of rotatable bonds is 8. The Balaban J connectivity index is 1.55. The Morgan fingerprint density at radius 3 is 2.61 bits per heavy atom. The Bertz CT molecular complexity index is 810. The highest BCUT2D eigenvalue weighted by molar-refractivity contribution is 5.95. The summed E-state index contributed by atoms with van der Waals surface area (Å²) >= 11 is 0. The minimum Gasteiger partial charge on any atom is -0.462 e.